The van der Waals surface area contributed by atoms with E-state index in [4.69, 9.17) is 0 Å². The van der Waals surface area contributed by atoms with Crippen LogP contribution in [-0.2, 0) is 6.42 Å². The van der Waals surface area contributed by atoms with E-state index >= 15 is 0 Å². The van der Waals surface area contributed by atoms with Gasteiger partial charge in [0, 0.05) is 6.54 Å². The summed E-state index contributed by atoms with van der Waals surface area (Å²) in [7, 11) is 0. The molecule has 1 aromatic rings. The van der Waals surface area contributed by atoms with Crippen molar-refractivity contribution in [1.29, 1.82) is 0 Å². The van der Waals surface area contributed by atoms with Crippen molar-refractivity contribution in [3.05, 3.63) is 29.8 Å². The van der Waals surface area contributed by atoms with Crippen LogP contribution < -0.4 is 10.1 Å². The lowest BCUT2D eigenvalue weighted by Gasteiger charge is -2.26. The smallest absolute Gasteiger partial charge is 0.406 e. The average molecular weight is 303 g/mol. The van der Waals surface area contributed by atoms with Gasteiger partial charge in [0.15, 0.2) is 0 Å². The molecule has 0 atom stereocenters. The number of nitrogens with one attached hydrogen (secondary N) is 1. The summed E-state index contributed by atoms with van der Waals surface area (Å²) in [6, 6.07) is 6.09. The molecule has 2 nitrogen and oxygen atoms in total. The van der Waals surface area contributed by atoms with Gasteiger partial charge in [0.25, 0.3) is 0 Å². The first-order valence-electron chi connectivity index (χ1n) is 7.13. The first-order valence-corrected chi connectivity index (χ1v) is 7.13. The average Bonchev–Trinajstić information content (AvgIpc) is 2.28. The molecule has 0 aliphatic rings. The standard InChI is InChI=1S/C16H24F3NO/c1-12(2)10-20-11-15(3,4)9-13-5-7-14(8-6-13)21-16(17,18)19/h5-8,12,20H,9-11H2,1-4H3. The Morgan fingerprint density at radius 2 is 1.67 bits per heavy atom. The highest BCUT2D eigenvalue weighted by Crippen LogP contribution is 2.25. The molecule has 0 saturated carbocycles. The largest absolute Gasteiger partial charge is 0.573 e. The van der Waals surface area contributed by atoms with Crippen molar-refractivity contribution < 1.29 is 17.9 Å². The van der Waals surface area contributed by atoms with E-state index in [1.165, 1.54) is 12.1 Å². The number of hydrogen-bond donors (Lipinski definition) is 1. The van der Waals surface area contributed by atoms with E-state index in [1.807, 2.05) is 0 Å². The van der Waals surface area contributed by atoms with Crippen LogP contribution in [0.15, 0.2) is 24.3 Å². The van der Waals surface area contributed by atoms with Crippen molar-refractivity contribution in [3.63, 3.8) is 0 Å². The Hall–Kier alpha value is -1.23. The SMILES string of the molecule is CC(C)CNCC(C)(C)Cc1ccc(OC(F)(F)F)cc1. The molecule has 0 heterocycles. The summed E-state index contributed by atoms with van der Waals surface area (Å²) in [6.45, 7) is 10.4. The zero-order valence-electron chi connectivity index (χ0n) is 13.1. The lowest BCUT2D eigenvalue weighted by molar-refractivity contribution is -0.274. The van der Waals surface area contributed by atoms with Crippen molar-refractivity contribution >= 4 is 0 Å². The van der Waals surface area contributed by atoms with E-state index in [1.54, 1.807) is 12.1 Å². The van der Waals surface area contributed by atoms with Gasteiger partial charge in [-0.2, -0.15) is 0 Å². The van der Waals surface area contributed by atoms with Crippen LogP contribution in [0.1, 0.15) is 33.3 Å². The molecule has 0 bridgehead atoms. The van der Waals surface area contributed by atoms with Crippen LogP contribution in [0.2, 0.25) is 0 Å². The minimum atomic E-state index is -4.64. The molecule has 5 heteroatoms. The Morgan fingerprint density at radius 1 is 1.10 bits per heavy atom. The summed E-state index contributed by atoms with van der Waals surface area (Å²) in [4.78, 5) is 0. The summed E-state index contributed by atoms with van der Waals surface area (Å²) in [5, 5.41) is 3.41. The molecule has 0 unspecified atom stereocenters. The number of rotatable bonds is 7. The number of benzene rings is 1. The van der Waals surface area contributed by atoms with Crippen LogP contribution in [-0.4, -0.2) is 19.5 Å². The number of hydrogen-bond acceptors (Lipinski definition) is 2. The van der Waals surface area contributed by atoms with Gasteiger partial charge in [0.05, 0.1) is 0 Å². The molecular weight excluding hydrogens is 279 g/mol. The Balaban J connectivity index is 2.54. The summed E-state index contributed by atoms with van der Waals surface area (Å²) >= 11 is 0. The van der Waals surface area contributed by atoms with Crippen molar-refractivity contribution in [1.82, 2.24) is 5.32 Å². The Kier molecular flexibility index (Phi) is 6.08. The molecule has 21 heavy (non-hydrogen) atoms. The Morgan fingerprint density at radius 3 is 2.14 bits per heavy atom. The molecule has 0 saturated heterocycles. The topological polar surface area (TPSA) is 21.3 Å². The lowest BCUT2D eigenvalue weighted by atomic mass is 9.85. The van der Waals surface area contributed by atoms with Crippen LogP contribution in [0.4, 0.5) is 13.2 Å². The molecule has 120 valence electrons. The molecular formula is C16H24F3NO. The molecule has 0 aliphatic heterocycles. The summed E-state index contributed by atoms with van der Waals surface area (Å²) in [5.74, 6) is 0.418. The van der Waals surface area contributed by atoms with E-state index in [9.17, 15) is 13.2 Å². The normalized spacial score (nSPS) is 12.8. The monoisotopic (exact) mass is 303 g/mol. The molecule has 0 amide bonds. The predicted molar refractivity (Wildman–Crippen MR) is 78.3 cm³/mol. The van der Waals surface area contributed by atoms with E-state index in [0.29, 0.717) is 5.92 Å². The fourth-order valence-electron chi connectivity index (χ4n) is 2.12. The molecule has 1 rings (SSSR count). The molecule has 1 aromatic carbocycles. The third kappa shape index (κ3) is 7.95. The van der Waals surface area contributed by atoms with Crippen LogP contribution >= 0.6 is 0 Å². The molecule has 0 radical (unpaired) electrons. The zero-order chi connectivity index (χ0) is 16.1. The highest BCUT2D eigenvalue weighted by molar-refractivity contribution is 5.28. The minimum Gasteiger partial charge on any atom is -0.406 e. The van der Waals surface area contributed by atoms with Gasteiger partial charge < -0.3 is 10.1 Å². The van der Waals surface area contributed by atoms with Crippen LogP contribution in [0, 0.1) is 11.3 Å². The number of alkyl halides is 3. The third-order valence-corrected chi connectivity index (χ3v) is 3.00. The summed E-state index contributed by atoms with van der Waals surface area (Å²) in [6.07, 6.45) is -3.84. The molecule has 0 aliphatic carbocycles. The number of halogens is 3. The highest BCUT2D eigenvalue weighted by atomic mass is 19.4. The maximum absolute atomic E-state index is 12.1. The van der Waals surface area contributed by atoms with Crippen molar-refractivity contribution in [2.24, 2.45) is 11.3 Å². The van der Waals surface area contributed by atoms with Crippen molar-refractivity contribution in [2.75, 3.05) is 13.1 Å². The molecule has 0 aromatic heterocycles. The minimum absolute atomic E-state index is 0.0429. The molecule has 0 spiro atoms. The lowest BCUT2D eigenvalue weighted by Crippen LogP contribution is -2.33. The van der Waals surface area contributed by atoms with E-state index in [-0.39, 0.29) is 11.2 Å². The second-order valence-electron chi connectivity index (χ2n) is 6.56. The fraction of sp³-hybridized carbons (Fsp3) is 0.625. The maximum atomic E-state index is 12.1. The van der Waals surface area contributed by atoms with Gasteiger partial charge in [0.2, 0.25) is 0 Å². The van der Waals surface area contributed by atoms with E-state index in [2.05, 4.69) is 37.7 Å². The quantitative estimate of drug-likeness (QED) is 0.806. The van der Waals surface area contributed by atoms with Crippen LogP contribution in [0.3, 0.4) is 0 Å². The summed E-state index contributed by atoms with van der Waals surface area (Å²) < 4.78 is 40.1. The predicted octanol–water partition coefficient (Wildman–Crippen LogP) is 4.40. The first-order chi connectivity index (χ1) is 9.57. The fourth-order valence-corrected chi connectivity index (χ4v) is 2.12. The van der Waals surface area contributed by atoms with E-state index < -0.39 is 6.36 Å². The Bertz CT molecular complexity index is 424. The van der Waals surface area contributed by atoms with Gasteiger partial charge in [-0.25, -0.2) is 0 Å². The maximum Gasteiger partial charge on any atom is 0.573 e. The summed E-state index contributed by atoms with van der Waals surface area (Å²) in [5.41, 5.74) is 1.04. The second-order valence-corrected chi connectivity index (χ2v) is 6.56. The first kappa shape index (κ1) is 17.8. The van der Waals surface area contributed by atoms with Crippen molar-refractivity contribution in [2.45, 2.75) is 40.5 Å². The molecule has 1 N–H and O–H groups in total. The van der Waals surface area contributed by atoms with Crippen LogP contribution in [0.5, 0.6) is 5.75 Å². The third-order valence-electron chi connectivity index (χ3n) is 3.00. The second kappa shape index (κ2) is 7.16. The van der Waals surface area contributed by atoms with Gasteiger partial charge in [-0.05, 0) is 42.0 Å². The number of ether oxygens (including phenoxy) is 1. The zero-order valence-corrected chi connectivity index (χ0v) is 13.1. The Labute approximate surface area is 124 Å². The van der Waals surface area contributed by atoms with Gasteiger partial charge in [0.1, 0.15) is 5.75 Å². The van der Waals surface area contributed by atoms with Gasteiger partial charge in [-0.15, -0.1) is 13.2 Å². The van der Waals surface area contributed by atoms with Gasteiger partial charge >= 0.3 is 6.36 Å². The van der Waals surface area contributed by atoms with Crippen LogP contribution in [0.25, 0.3) is 0 Å². The van der Waals surface area contributed by atoms with E-state index in [0.717, 1.165) is 25.1 Å². The van der Waals surface area contributed by atoms with Gasteiger partial charge in [-0.1, -0.05) is 39.8 Å². The highest BCUT2D eigenvalue weighted by Gasteiger charge is 2.31. The van der Waals surface area contributed by atoms with Crippen molar-refractivity contribution in [3.8, 4) is 5.75 Å². The molecule has 0 fully saturated rings. The van der Waals surface area contributed by atoms with Gasteiger partial charge in [-0.3, -0.25) is 0 Å².